The molecule has 1 rings (SSSR count). The summed E-state index contributed by atoms with van der Waals surface area (Å²) < 4.78 is 0. The van der Waals surface area contributed by atoms with Crippen molar-refractivity contribution in [3.05, 3.63) is 0 Å². The molecule has 0 aromatic carbocycles. The molecule has 1 fully saturated rings. The molecule has 1 unspecified atom stereocenters. The molecule has 0 aliphatic carbocycles. The van der Waals surface area contributed by atoms with Crippen LogP contribution in [0, 0.1) is 0 Å². The van der Waals surface area contributed by atoms with Crippen LogP contribution in [-0.2, 0) is 9.59 Å². The van der Waals surface area contributed by atoms with E-state index >= 15 is 0 Å². The third kappa shape index (κ3) is 7.42. The van der Waals surface area contributed by atoms with E-state index in [1.165, 1.54) is 0 Å². The maximum Gasteiger partial charge on any atom is 0.303 e. The standard InChI is InChI=1S/C13H25N3O4/c17-8-7-16(9-11-3-1-5-14-11)10-12(18)15-6-2-4-13(19)20/h11,14,17H,1-10H2,(H,15,18)(H,19,20). The Morgan fingerprint density at radius 2 is 2.20 bits per heavy atom. The van der Waals surface area contributed by atoms with Gasteiger partial charge in [0, 0.05) is 32.1 Å². The topological polar surface area (TPSA) is 102 Å². The lowest BCUT2D eigenvalue weighted by atomic mass is 10.2. The van der Waals surface area contributed by atoms with Gasteiger partial charge in [-0.05, 0) is 25.8 Å². The van der Waals surface area contributed by atoms with E-state index in [9.17, 15) is 9.59 Å². The smallest absolute Gasteiger partial charge is 0.303 e. The second kappa shape index (κ2) is 9.68. The molecule has 116 valence electrons. The number of carbonyl (C=O) groups excluding carboxylic acids is 1. The summed E-state index contributed by atoms with van der Waals surface area (Å²) >= 11 is 0. The van der Waals surface area contributed by atoms with Crippen molar-refractivity contribution < 1.29 is 19.8 Å². The minimum atomic E-state index is -0.853. The zero-order valence-electron chi connectivity index (χ0n) is 11.8. The molecule has 1 amide bonds. The first kappa shape index (κ1) is 16.9. The summed E-state index contributed by atoms with van der Waals surface area (Å²) in [5, 5.41) is 23.6. The molecule has 0 radical (unpaired) electrons. The van der Waals surface area contributed by atoms with Gasteiger partial charge in [-0.3, -0.25) is 14.5 Å². The van der Waals surface area contributed by atoms with Gasteiger partial charge in [0.15, 0.2) is 0 Å². The number of aliphatic hydroxyl groups is 1. The first-order chi connectivity index (χ1) is 9.61. The monoisotopic (exact) mass is 287 g/mol. The molecule has 0 spiro atoms. The Bertz CT molecular complexity index is 306. The van der Waals surface area contributed by atoms with Crippen molar-refractivity contribution in [2.24, 2.45) is 0 Å². The van der Waals surface area contributed by atoms with Gasteiger partial charge in [0.2, 0.25) is 5.91 Å². The number of rotatable bonds is 10. The van der Waals surface area contributed by atoms with E-state index in [0.29, 0.717) is 25.6 Å². The third-order valence-corrected chi connectivity index (χ3v) is 3.31. The highest BCUT2D eigenvalue weighted by Crippen LogP contribution is 2.06. The lowest BCUT2D eigenvalue weighted by molar-refractivity contribution is -0.137. The Labute approximate surface area is 119 Å². The largest absolute Gasteiger partial charge is 0.481 e. The van der Waals surface area contributed by atoms with Crippen LogP contribution in [0.5, 0.6) is 0 Å². The van der Waals surface area contributed by atoms with Crippen molar-refractivity contribution in [2.75, 3.05) is 39.3 Å². The second-order valence-electron chi connectivity index (χ2n) is 5.10. The quantitative estimate of drug-likeness (QED) is 0.385. The number of amides is 1. The minimum Gasteiger partial charge on any atom is -0.481 e. The van der Waals surface area contributed by atoms with Crippen molar-refractivity contribution in [2.45, 2.75) is 31.7 Å². The highest BCUT2D eigenvalue weighted by atomic mass is 16.4. The van der Waals surface area contributed by atoms with Crippen molar-refractivity contribution in [1.29, 1.82) is 0 Å². The van der Waals surface area contributed by atoms with E-state index in [4.69, 9.17) is 10.2 Å². The molecule has 1 heterocycles. The summed E-state index contributed by atoms with van der Waals surface area (Å²) in [4.78, 5) is 24.0. The van der Waals surface area contributed by atoms with Gasteiger partial charge < -0.3 is 20.8 Å². The third-order valence-electron chi connectivity index (χ3n) is 3.31. The molecule has 20 heavy (non-hydrogen) atoms. The molecule has 0 aromatic heterocycles. The Hall–Kier alpha value is -1.18. The van der Waals surface area contributed by atoms with Gasteiger partial charge in [-0.2, -0.15) is 0 Å². The molecular formula is C13H25N3O4. The average molecular weight is 287 g/mol. The fourth-order valence-corrected chi connectivity index (χ4v) is 2.33. The highest BCUT2D eigenvalue weighted by molar-refractivity contribution is 5.78. The van der Waals surface area contributed by atoms with E-state index in [1.807, 2.05) is 4.90 Å². The normalized spacial score (nSPS) is 18.4. The average Bonchev–Trinajstić information content (AvgIpc) is 2.87. The van der Waals surface area contributed by atoms with Gasteiger partial charge in [0.05, 0.1) is 13.2 Å². The molecule has 4 N–H and O–H groups in total. The predicted octanol–water partition coefficient (Wildman–Crippen LogP) is -0.986. The van der Waals surface area contributed by atoms with Crippen LogP contribution >= 0.6 is 0 Å². The van der Waals surface area contributed by atoms with Gasteiger partial charge in [-0.25, -0.2) is 0 Å². The number of carboxylic acids is 1. The van der Waals surface area contributed by atoms with Crippen LogP contribution in [0.2, 0.25) is 0 Å². The predicted molar refractivity (Wildman–Crippen MR) is 74.4 cm³/mol. The van der Waals surface area contributed by atoms with Gasteiger partial charge in [0.1, 0.15) is 0 Å². The van der Waals surface area contributed by atoms with Crippen LogP contribution in [0.15, 0.2) is 0 Å². The van der Waals surface area contributed by atoms with Crippen LogP contribution in [-0.4, -0.2) is 72.4 Å². The zero-order chi connectivity index (χ0) is 14.8. The SMILES string of the molecule is O=C(O)CCCNC(=O)CN(CCO)CC1CCCN1. The number of nitrogens with one attached hydrogen (secondary N) is 2. The van der Waals surface area contributed by atoms with Crippen LogP contribution in [0.3, 0.4) is 0 Å². The van der Waals surface area contributed by atoms with Crippen molar-refractivity contribution in [1.82, 2.24) is 15.5 Å². The molecule has 0 saturated carbocycles. The summed E-state index contributed by atoms with van der Waals surface area (Å²) in [6.45, 7) is 2.88. The van der Waals surface area contributed by atoms with Gasteiger partial charge in [-0.15, -0.1) is 0 Å². The highest BCUT2D eigenvalue weighted by Gasteiger charge is 2.19. The van der Waals surface area contributed by atoms with E-state index in [2.05, 4.69) is 10.6 Å². The molecule has 1 atom stereocenters. The first-order valence-corrected chi connectivity index (χ1v) is 7.17. The number of carboxylic acid groups (broad SMARTS) is 1. The van der Waals surface area contributed by atoms with E-state index in [-0.39, 0.29) is 25.5 Å². The van der Waals surface area contributed by atoms with E-state index in [1.54, 1.807) is 0 Å². The fourth-order valence-electron chi connectivity index (χ4n) is 2.33. The molecule has 1 aliphatic rings. The molecule has 0 bridgehead atoms. The molecular weight excluding hydrogens is 262 g/mol. The van der Waals surface area contributed by atoms with Crippen molar-refractivity contribution >= 4 is 11.9 Å². The van der Waals surface area contributed by atoms with Crippen molar-refractivity contribution in [3.8, 4) is 0 Å². The molecule has 7 nitrogen and oxygen atoms in total. The summed E-state index contributed by atoms with van der Waals surface area (Å²) in [7, 11) is 0. The summed E-state index contributed by atoms with van der Waals surface area (Å²) in [6, 6.07) is 0.390. The second-order valence-corrected chi connectivity index (χ2v) is 5.10. The van der Waals surface area contributed by atoms with Crippen LogP contribution in [0.4, 0.5) is 0 Å². The Balaban J connectivity index is 2.21. The zero-order valence-corrected chi connectivity index (χ0v) is 11.8. The van der Waals surface area contributed by atoms with Gasteiger partial charge >= 0.3 is 5.97 Å². The molecule has 0 aromatic rings. The van der Waals surface area contributed by atoms with Gasteiger partial charge in [-0.1, -0.05) is 0 Å². The number of aliphatic hydroxyl groups excluding tert-OH is 1. The lowest BCUT2D eigenvalue weighted by Gasteiger charge is -2.24. The molecule has 1 aliphatic heterocycles. The van der Waals surface area contributed by atoms with Crippen LogP contribution < -0.4 is 10.6 Å². The lowest BCUT2D eigenvalue weighted by Crippen LogP contribution is -2.44. The maximum atomic E-state index is 11.7. The fraction of sp³-hybridized carbons (Fsp3) is 0.846. The number of hydrogen-bond donors (Lipinski definition) is 4. The maximum absolute atomic E-state index is 11.7. The Morgan fingerprint density at radius 3 is 2.80 bits per heavy atom. The number of hydrogen-bond acceptors (Lipinski definition) is 5. The molecule has 1 saturated heterocycles. The number of aliphatic carboxylic acids is 1. The number of carbonyl (C=O) groups is 2. The van der Waals surface area contributed by atoms with E-state index < -0.39 is 5.97 Å². The van der Waals surface area contributed by atoms with Gasteiger partial charge in [0.25, 0.3) is 0 Å². The van der Waals surface area contributed by atoms with Crippen LogP contribution in [0.25, 0.3) is 0 Å². The number of nitrogens with zero attached hydrogens (tertiary/aromatic N) is 1. The molecule has 7 heteroatoms. The van der Waals surface area contributed by atoms with Crippen molar-refractivity contribution in [3.63, 3.8) is 0 Å². The Morgan fingerprint density at radius 1 is 1.40 bits per heavy atom. The Kier molecular flexibility index (Phi) is 8.17. The van der Waals surface area contributed by atoms with E-state index in [0.717, 1.165) is 25.9 Å². The summed E-state index contributed by atoms with van der Waals surface area (Å²) in [5.41, 5.74) is 0. The minimum absolute atomic E-state index is 0.0268. The first-order valence-electron chi connectivity index (χ1n) is 7.17. The van der Waals surface area contributed by atoms with Crippen LogP contribution in [0.1, 0.15) is 25.7 Å². The summed E-state index contributed by atoms with van der Waals surface area (Å²) in [6.07, 6.45) is 2.75. The summed E-state index contributed by atoms with van der Waals surface area (Å²) in [5.74, 6) is -0.977.